The molecule has 0 spiro atoms. The lowest BCUT2D eigenvalue weighted by Crippen LogP contribution is -2.35. The van der Waals surface area contributed by atoms with E-state index in [9.17, 15) is 4.79 Å². The molecule has 1 saturated heterocycles. The van der Waals surface area contributed by atoms with Crippen molar-refractivity contribution in [1.29, 1.82) is 0 Å². The number of amides is 1. The first-order chi connectivity index (χ1) is 8.36. The molecule has 0 N–H and O–H groups in total. The van der Waals surface area contributed by atoms with Gasteiger partial charge in [-0.3, -0.25) is 4.79 Å². The van der Waals surface area contributed by atoms with Gasteiger partial charge in [0.25, 0.3) is 5.91 Å². The number of piperidine rings is 1. The van der Waals surface area contributed by atoms with Crippen molar-refractivity contribution in [2.45, 2.75) is 19.3 Å². The Hall–Kier alpha value is -1.42. The van der Waals surface area contributed by atoms with Gasteiger partial charge in [0, 0.05) is 18.5 Å². The molecule has 1 aliphatic rings. The SMILES string of the molecule is O=C(c1nsc2ccccc12)N1CCCCC1. The average Bonchev–Trinajstić information content (AvgIpc) is 2.83. The van der Waals surface area contributed by atoms with Gasteiger partial charge in [-0.15, -0.1) is 0 Å². The third-order valence-corrected chi connectivity index (χ3v) is 4.05. The van der Waals surface area contributed by atoms with Crippen LogP contribution in [0, 0.1) is 0 Å². The standard InChI is InChI=1S/C13H14N2OS/c16-13(15-8-4-1-5-9-15)12-10-6-2-3-7-11(10)17-14-12/h2-3,6-7H,1,4-5,8-9H2. The zero-order valence-corrected chi connectivity index (χ0v) is 10.4. The van der Waals surface area contributed by atoms with Crippen molar-refractivity contribution < 1.29 is 4.79 Å². The number of rotatable bonds is 1. The summed E-state index contributed by atoms with van der Waals surface area (Å²) in [7, 11) is 0. The van der Waals surface area contributed by atoms with E-state index in [1.165, 1.54) is 18.0 Å². The molecule has 3 nitrogen and oxygen atoms in total. The summed E-state index contributed by atoms with van der Waals surface area (Å²) in [6.45, 7) is 1.76. The predicted molar refractivity (Wildman–Crippen MR) is 69.4 cm³/mol. The molecule has 0 radical (unpaired) electrons. The molecule has 1 fully saturated rings. The van der Waals surface area contributed by atoms with Gasteiger partial charge >= 0.3 is 0 Å². The predicted octanol–water partition coefficient (Wildman–Crippen LogP) is 2.92. The molecule has 3 rings (SSSR count). The quantitative estimate of drug-likeness (QED) is 0.775. The van der Waals surface area contributed by atoms with Crippen molar-refractivity contribution in [2.75, 3.05) is 13.1 Å². The highest BCUT2D eigenvalue weighted by Crippen LogP contribution is 2.24. The molecule has 0 aliphatic carbocycles. The molecule has 1 aromatic heterocycles. The molecule has 1 aromatic carbocycles. The number of benzene rings is 1. The highest BCUT2D eigenvalue weighted by atomic mass is 32.1. The molecular weight excluding hydrogens is 232 g/mol. The minimum absolute atomic E-state index is 0.0992. The van der Waals surface area contributed by atoms with E-state index in [4.69, 9.17) is 0 Å². The van der Waals surface area contributed by atoms with Crippen molar-refractivity contribution in [2.24, 2.45) is 0 Å². The van der Waals surface area contributed by atoms with Gasteiger partial charge in [0.1, 0.15) is 5.69 Å². The lowest BCUT2D eigenvalue weighted by molar-refractivity contribution is 0.0721. The number of fused-ring (bicyclic) bond motifs is 1. The van der Waals surface area contributed by atoms with Crippen LogP contribution < -0.4 is 0 Å². The number of likely N-dealkylation sites (tertiary alicyclic amines) is 1. The Balaban J connectivity index is 1.95. The van der Waals surface area contributed by atoms with Crippen molar-refractivity contribution in [3.63, 3.8) is 0 Å². The number of hydrogen-bond acceptors (Lipinski definition) is 3. The summed E-state index contributed by atoms with van der Waals surface area (Å²) in [4.78, 5) is 14.3. The Kier molecular flexibility index (Phi) is 2.81. The first kappa shape index (κ1) is 10.7. The average molecular weight is 246 g/mol. The van der Waals surface area contributed by atoms with Crippen LogP contribution in [0.15, 0.2) is 24.3 Å². The molecule has 2 aromatic rings. The summed E-state index contributed by atoms with van der Waals surface area (Å²) in [5.74, 6) is 0.0992. The first-order valence-corrected chi connectivity index (χ1v) is 6.77. The third kappa shape index (κ3) is 1.93. The van der Waals surface area contributed by atoms with E-state index >= 15 is 0 Å². The largest absolute Gasteiger partial charge is 0.337 e. The fourth-order valence-corrected chi connectivity index (χ4v) is 3.06. The Labute approximate surface area is 104 Å². The molecule has 4 heteroatoms. The van der Waals surface area contributed by atoms with Gasteiger partial charge in [-0.05, 0) is 36.9 Å². The fourth-order valence-electron chi connectivity index (χ4n) is 2.29. The summed E-state index contributed by atoms with van der Waals surface area (Å²) in [6, 6.07) is 7.94. The van der Waals surface area contributed by atoms with E-state index in [1.54, 1.807) is 0 Å². The summed E-state index contributed by atoms with van der Waals surface area (Å²) in [5, 5.41) is 0.994. The van der Waals surface area contributed by atoms with Crippen molar-refractivity contribution >= 4 is 27.5 Å². The summed E-state index contributed by atoms with van der Waals surface area (Å²) >= 11 is 1.41. The minimum Gasteiger partial charge on any atom is -0.337 e. The van der Waals surface area contributed by atoms with E-state index in [-0.39, 0.29) is 5.91 Å². The van der Waals surface area contributed by atoms with Crippen LogP contribution >= 0.6 is 11.5 Å². The van der Waals surface area contributed by atoms with Crippen LogP contribution in [0.3, 0.4) is 0 Å². The number of carbonyl (C=O) groups is 1. The topological polar surface area (TPSA) is 33.2 Å². The fraction of sp³-hybridized carbons (Fsp3) is 0.385. The first-order valence-electron chi connectivity index (χ1n) is 6.00. The molecule has 0 unspecified atom stereocenters. The van der Waals surface area contributed by atoms with Crippen LogP contribution in [0.5, 0.6) is 0 Å². The van der Waals surface area contributed by atoms with Gasteiger partial charge in [0.2, 0.25) is 0 Å². The van der Waals surface area contributed by atoms with Crippen LogP contribution in [-0.4, -0.2) is 28.3 Å². The van der Waals surface area contributed by atoms with Gasteiger partial charge in [-0.1, -0.05) is 18.2 Å². The maximum atomic E-state index is 12.3. The highest BCUT2D eigenvalue weighted by molar-refractivity contribution is 7.13. The molecular formula is C13H14N2OS. The molecule has 17 heavy (non-hydrogen) atoms. The number of nitrogens with zero attached hydrogens (tertiary/aromatic N) is 2. The van der Waals surface area contributed by atoms with Gasteiger partial charge in [0.15, 0.2) is 0 Å². The summed E-state index contributed by atoms with van der Waals surface area (Å²) in [6.07, 6.45) is 3.48. The smallest absolute Gasteiger partial charge is 0.274 e. The third-order valence-electron chi connectivity index (χ3n) is 3.22. The Morgan fingerprint density at radius 1 is 1.18 bits per heavy atom. The van der Waals surface area contributed by atoms with Crippen molar-refractivity contribution in [3.8, 4) is 0 Å². The van der Waals surface area contributed by atoms with Crippen molar-refractivity contribution in [1.82, 2.24) is 9.27 Å². The maximum Gasteiger partial charge on any atom is 0.274 e. The second-order valence-corrected chi connectivity index (χ2v) is 5.19. The Bertz CT molecular complexity index is 543. The van der Waals surface area contributed by atoms with Gasteiger partial charge in [-0.25, -0.2) is 0 Å². The maximum absolute atomic E-state index is 12.3. The van der Waals surface area contributed by atoms with E-state index in [0.717, 1.165) is 36.0 Å². The van der Waals surface area contributed by atoms with Gasteiger partial charge in [-0.2, -0.15) is 4.37 Å². The van der Waals surface area contributed by atoms with Crippen LogP contribution in [0.1, 0.15) is 29.8 Å². The number of aromatic nitrogens is 1. The Morgan fingerprint density at radius 3 is 2.76 bits per heavy atom. The molecule has 2 heterocycles. The van der Waals surface area contributed by atoms with Crippen LogP contribution in [0.4, 0.5) is 0 Å². The van der Waals surface area contributed by atoms with E-state index < -0.39 is 0 Å². The van der Waals surface area contributed by atoms with E-state index in [1.807, 2.05) is 29.2 Å². The zero-order chi connectivity index (χ0) is 11.7. The monoisotopic (exact) mass is 246 g/mol. The summed E-state index contributed by atoms with van der Waals surface area (Å²) < 4.78 is 5.41. The second-order valence-electron chi connectivity index (χ2n) is 4.38. The van der Waals surface area contributed by atoms with E-state index in [2.05, 4.69) is 4.37 Å². The molecule has 0 saturated carbocycles. The van der Waals surface area contributed by atoms with Gasteiger partial charge < -0.3 is 4.90 Å². The lowest BCUT2D eigenvalue weighted by atomic mass is 10.1. The molecule has 88 valence electrons. The molecule has 1 amide bonds. The Morgan fingerprint density at radius 2 is 1.94 bits per heavy atom. The van der Waals surface area contributed by atoms with Crippen LogP contribution in [0.25, 0.3) is 10.1 Å². The highest BCUT2D eigenvalue weighted by Gasteiger charge is 2.22. The minimum atomic E-state index is 0.0992. The second kappa shape index (κ2) is 4.45. The van der Waals surface area contributed by atoms with Gasteiger partial charge in [0.05, 0.1) is 4.70 Å². The summed E-state index contributed by atoms with van der Waals surface area (Å²) in [5.41, 5.74) is 0.632. The molecule has 1 aliphatic heterocycles. The molecule has 0 bridgehead atoms. The van der Waals surface area contributed by atoms with Crippen molar-refractivity contribution in [3.05, 3.63) is 30.0 Å². The number of carbonyl (C=O) groups excluding carboxylic acids is 1. The van der Waals surface area contributed by atoms with E-state index in [0.29, 0.717) is 5.69 Å². The molecule has 0 atom stereocenters. The zero-order valence-electron chi connectivity index (χ0n) is 9.56. The lowest BCUT2D eigenvalue weighted by Gasteiger charge is -2.25. The van der Waals surface area contributed by atoms with Crippen LogP contribution in [0.2, 0.25) is 0 Å². The van der Waals surface area contributed by atoms with Crippen LogP contribution in [-0.2, 0) is 0 Å². The normalized spacial score (nSPS) is 16.4. The number of hydrogen-bond donors (Lipinski definition) is 0.